The second-order valence-electron chi connectivity index (χ2n) is 4.94. The Labute approximate surface area is 111 Å². The zero-order valence-electron chi connectivity index (χ0n) is 10.8. The van der Waals surface area contributed by atoms with E-state index in [1.54, 1.807) is 4.90 Å². The summed E-state index contributed by atoms with van der Waals surface area (Å²) in [5.41, 5.74) is 5.84. The summed E-state index contributed by atoms with van der Waals surface area (Å²) in [5.74, 6) is 0.291. The van der Waals surface area contributed by atoms with Crippen LogP contribution in [-0.4, -0.2) is 40.2 Å². The fourth-order valence-corrected chi connectivity index (χ4v) is 2.40. The molecule has 3 N–H and O–H groups in total. The highest BCUT2D eigenvalue weighted by Crippen LogP contribution is 2.19. The molecule has 0 bridgehead atoms. The minimum Gasteiger partial charge on any atom is -0.398 e. The van der Waals surface area contributed by atoms with E-state index in [1.807, 2.05) is 0 Å². The minimum atomic E-state index is -0.228. The average molecular weight is 265 g/mol. The smallest absolute Gasteiger partial charge is 0.251 e. The highest BCUT2D eigenvalue weighted by Gasteiger charge is 2.25. The van der Waals surface area contributed by atoms with Crippen molar-refractivity contribution in [2.24, 2.45) is 5.92 Å². The molecule has 1 aliphatic rings. The molecular weight excluding hydrogens is 246 g/mol. The van der Waals surface area contributed by atoms with Crippen LogP contribution in [0.3, 0.4) is 0 Å². The van der Waals surface area contributed by atoms with E-state index in [1.165, 1.54) is 22.9 Å². The number of aliphatic hydroxyl groups excluding tert-OH is 1. The van der Waals surface area contributed by atoms with Gasteiger partial charge in [0.15, 0.2) is 0 Å². The molecule has 0 saturated carbocycles. The van der Waals surface area contributed by atoms with Crippen LogP contribution in [-0.2, 0) is 11.3 Å². The molecule has 2 rings (SSSR count). The molecular formula is C13H19N3O3. The van der Waals surface area contributed by atoms with Crippen molar-refractivity contribution >= 4 is 11.6 Å². The summed E-state index contributed by atoms with van der Waals surface area (Å²) in [6.45, 7) is 1.54. The van der Waals surface area contributed by atoms with Gasteiger partial charge in [0.2, 0.25) is 5.91 Å². The van der Waals surface area contributed by atoms with Crippen LogP contribution >= 0.6 is 0 Å². The van der Waals surface area contributed by atoms with E-state index >= 15 is 0 Å². The Morgan fingerprint density at radius 3 is 3.00 bits per heavy atom. The Hall–Kier alpha value is -1.82. The van der Waals surface area contributed by atoms with E-state index in [0.29, 0.717) is 24.7 Å². The van der Waals surface area contributed by atoms with Crippen LogP contribution in [0.5, 0.6) is 0 Å². The maximum atomic E-state index is 12.1. The summed E-state index contributed by atoms with van der Waals surface area (Å²) >= 11 is 0. The van der Waals surface area contributed by atoms with E-state index in [2.05, 4.69) is 0 Å². The van der Waals surface area contributed by atoms with E-state index in [9.17, 15) is 9.59 Å². The normalized spacial score (nSPS) is 18.8. The highest BCUT2D eigenvalue weighted by molar-refractivity contribution is 5.76. The first kappa shape index (κ1) is 13.6. The number of likely N-dealkylation sites (tertiary alicyclic amines) is 1. The van der Waals surface area contributed by atoms with Gasteiger partial charge in [0.1, 0.15) is 6.54 Å². The third kappa shape index (κ3) is 3.35. The van der Waals surface area contributed by atoms with Gasteiger partial charge < -0.3 is 20.3 Å². The number of carbonyl (C=O) groups excluding carboxylic acids is 1. The first-order valence-corrected chi connectivity index (χ1v) is 6.44. The maximum Gasteiger partial charge on any atom is 0.251 e. The van der Waals surface area contributed by atoms with Crippen LogP contribution in [0.2, 0.25) is 0 Å². The van der Waals surface area contributed by atoms with Gasteiger partial charge in [-0.3, -0.25) is 9.59 Å². The van der Waals surface area contributed by atoms with Gasteiger partial charge in [-0.15, -0.1) is 0 Å². The van der Waals surface area contributed by atoms with Gasteiger partial charge in [0, 0.05) is 37.6 Å². The van der Waals surface area contributed by atoms with Gasteiger partial charge in [0.25, 0.3) is 5.56 Å². The molecule has 1 aromatic heterocycles. The predicted octanol–water partition coefficient (Wildman–Crippen LogP) is -0.339. The molecule has 1 fully saturated rings. The Bertz CT molecular complexity index is 512. The number of amides is 1. The Balaban J connectivity index is 1.98. The minimum absolute atomic E-state index is 0.0235. The van der Waals surface area contributed by atoms with Gasteiger partial charge in [-0.05, 0) is 24.8 Å². The molecule has 1 atom stereocenters. The number of nitrogen functional groups attached to an aromatic ring is 1. The van der Waals surface area contributed by atoms with E-state index in [-0.39, 0.29) is 24.6 Å². The standard InChI is InChI=1S/C13H19N3O3/c14-11-1-2-12(18)16(8-11)9-13(19)15-5-3-10(7-15)4-6-17/h1-2,8,10,17H,3-7,9,14H2. The fraction of sp³-hybridized carbons (Fsp3) is 0.538. The van der Waals surface area contributed by atoms with Crippen molar-refractivity contribution < 1.29 is 9.90 Å². The molecule has 1 unspecified atom stereocenters. The Kier molecular flexibility index (Phi) is 4.21. The summed E-state index contributed by atoms with van der Waals surface area (Å²) in [7, 11) is 0. The SMILES string of the molecule is Nc1ccc(=O)n(CC(=O)N2CCC(CCO)C2)c1. The zero-order valence-corrected chi connectivity index (χ0v) is 10.8. The summed E-state index contributed by atoms with van der Waals surface area (Å²) in [4.78, 5) is 25.4. The van der Waals surface area contributed by atoms with Gasteiger partial charge in [-0.1, -0.05) is 0 Å². The number of nitrogens with two attached hydrogens (primary N) is 1. The number of rotatable bonds is 4. The third-order valence-electron chi connectivity index (χ3n) is 3.49. The molecule has 6 nitrogen and oxygen atoms in total. The number of pyridine rings is 1. The molecule has 104 valence electrons. The molecule has 1 amide bonds. The van der Waals surface area contributed by atoms with Crippen LogP contribution in [0.1, 0.15) is 12.8 Å². The van der Waals surface area contributed by atoms with Crippen LogP contribution in [0.25, 0.3) is 0 Å². The summed E-state index contributed by atoms with van der Waals surface area (Å²) in [5, 5.41) is 8.89. The average Bonchev–Trinajstić information content (AvgIpc) is 2.83. The topological polar surface area (TPSA) is 88.6 Å². The molecule has 0 radical (unpaired) electrons. The number of hydrogen-bond acceptors (Lipinski definition) is 4. The van der Waals surface area contributed by atoms with Gasteiger partial charge in [-0.2, -0.15) is 0 Å². The van der Waals surface area contributed by atoms with Crippen molar-refractivity contribution in [2.75, 3.05) is 25.4 Å². The number of aliphatic hydroxyl groups is 1. The van der Waals surface area contributed by atoms with Crippen molar-refractivity contribution in [3.8, 4) is 0 Å². The third-order valence-corrected chi connectivity index (χ3v) is 3.49. The molecule has 6 heteroatoms. The van der Waals surface area contributed by atoms with Crippen molar-refractivity contribution in [1.82, 2.24) is 9.47 Å². The lowest BCUT2D eigenvalue weighted by atomic mass is 10.1. The quantitative estimate of drug-likeness (QED) is 0.779. The van der Waals surface area contributed by atoms with Crippen molar-refractivity contribution in [1.29, 1.82) is 0 Å². The van der Waals surface area contributed by atoms with E-state index in [0.717, 1.165) is 12.8 Å². The van der Waals surface area contributed by atoms with Crippen LogP contribution in [0, 0.1) is 5.92 Å². The van der Waals surface area contributed by atoms with E-state index in [4.69, 9.17) is 10.8 Å². The van der Waals surface area contributed by atoms with Gasteiger partial charge in [0.05, 0.1) is 0 Å². The van der Waals surface area contributed by atoms with Crippen LogP contribution in [0.4, 0.5) is 5.69 Å². The predicted molar refractivity (Wildman–Crippen MR) is 71.5 cm³/mol. The number of aromatic nitrogens is 1. The molecule has 1 aliphatic heterocycles. The number of nitrogens with zero attached hydrogens (tertiary/aromatic N) is 2. The monoisotopic (exact) mass is 265 g/mol. The molecule has 0 spiro atoms. The van der Waals surface area contributed by atoms with Crippen LogP contribution < -0.4 is 11.3 Å². The number of anilines is 1. The summed E-state index contributed by atoms with van der Waals surface area (Å²) in [6.07, 6.45) is 3.13. The molecule has 0 aliphatic carbocycles. The van der Waals surface area contributed by atoms with Crippen molar-refractivity contribution in [3.63, 3.8) is 0 Å². The molecule has 19 heavy (non-hydrogen) atoms. The highest BCUT2D eigenvalue weighted by atomic mass is 16.3. The lowest BCUT2D eigenvalue weighted by Gasteiger charge is -2.17. The Morgan fingerprint density at radius 2 is 2.26 bits per heavy atom. The lowest BCUT2D eigenvalue weighted by Crippen LogP contribution is -2.35. The number of hydrogen-bond donors (Lipinski definition) is 2. The summed E-state index contributed by atoms with van der Waals surface area (Å²) < 4.78 is 1.33. The fourth-order valence-electron chi connectivity index (χ4n) is 2.40. The van der Waals surface area contributed by atoms with Gasteiger partial charge in [-0.25, -0.2) is 0 Å². The molecule has 2 heterocycles. The number of carbonyl (C=O) groups is 1. The van der Waals surface area contributed by atoms with E-state index < -0.39 is 0 Å². The zero-order chi connectivity index (χ0) is 13.8. The largest absolute Gasteiger partial charge is 0.398 e. The Morgan fingerprint density at radius 1 is 1.47 bits per heavy atom. The van der Waals surface area contributed by atoms with Crippen molar-refractivity contribution in [3.05, 3.63) is 28.7 Å². The van der Waals surface area contributed by atoms with Gasteiger partial charge >= 0.3 is 0 Å². The first-order chi connectivity index (χ1) is 9.10. The lowest BCUT2D eigenvalue weighted by molar-refractivity contribution is -0.131. The van der Waals surface area contributed by atoms with Crippen LogP contribution in [0.15, 0.2) is 23.1 Å². The molecule has 0 aromatic carbocycles. The second kappa shape index (κ2) is 5.88. The van der Waals surface area contributed by atoms with Crippen molar-refractivity contribution in [2.45, 2.75) is 19.4 Å². The molecule has 1 saturated heterocycles. The second-order valence-corrected chi connectivity index (χ2v) is 4.94. The first-order valence-electron chi connectivity index (χ1n) is 6.44. The molecule has 1 aromatic rings. The maximum absolute atomic E-state index is 12.1. The summed E-state index contributed by atoms with van der Waals surface area (Å²) in [6, 6.07) is 2.89.